The second kappa shape index (κ2) is 5.44. The molecule has 0 saturated heterocycles. The molecule has 16 heavy (non-hydrogen) atoms. The van der Waals surface area contributed by atoms with Gasteiger partial charge in [-0.05, 0) is 49.9 Å². The highest BCUT2D eigenvalue weighted by Gasteiger charge is 2.22. The first-order valence-corrected chi connectivity index (χ1v) is 6.41. The Balaban J connectivity index is 1.98. The highest BCUT2D eigenvalue weighted by Crippen LogP contribution is 2.30. The van der Waals surface area contributed by atoms with Gasteiger partial charge in [0.2, 0.25) is 0 Å². The van der Waals surface area contributed by atoms with Crippen LogP contribution in [-0.2, 0) is 0 Å². The normalized spacial score (nSPS) is 18.4. The van der Waals surface area contributed by atoms with Gasteiger partial charge in [0.25, 0.3) is 0 Å². The molecule has 1 atom stereocenters. The quantitative estimate of drug-likeness (QED) is 0.754. The molecule has 0 N–H and O–H groups in total. The Morgan fingerprint density at radius 1 is 1.38 bits per heavy atom. The average Bonchev–Trinajstić information content (AvgIpc) is 2.26. The zero-order valence-corrected chi connectivity index (χ0v) is 10.4. The van der Waals surface area contributed by atoms with Gasteiger partial charge in [-0.2, -0.15) is 0 Å². The standard InChI is InChI=1S/C14H22N2/c1-3-14(13-7-9-15-10-8-13)16(2)11-12-5-4-6-12/h7-10,12,14H,3-6,11H2,1-2H3/t14-/m1/s1. The van der Waals surface area contributed by atoms with Gasteiger partial charge in [-0.3, -0.25) is 9.88 Å². The van der Waals surface area contributed by atoms with Crippen molar-refractivity contribution in [3.05, 3.63) is 30.1 Å². The number of hydrogen-bond acceptors (Lipinski definition) is 2. The average molecular weight is 218 g/mol. The first kappa shape index (κ1) is 11.6. The lowest BCUT2D eigenvalue weighted by Crippen LogP contribution is -2.32. The van der Waals surface area contributed by atoms with E-state index in [9.17, 15) is 0 Å². The van der Waals surface area contributed by atoms with E-state index in [1.807, 2.05) is 12.4 Å². The van der Waals surface area contributed by atoms with E-state index in [4.69, 9.17) is 0 Å². The summed E-state index contributed by atoms with van der Waals surface area (Å²) in [5.74, 6) is 0.945. The molecule has 0 aliphatic heterocycles. The van der Waals surface area contributed by atoms with Crippen LogP contribution in [0.2, 0.25) is 0 Å². The molecule has 0 unspecified atom stereocenters. The van der Waals surface area contributed by atoms with Crippen LogP contribution in [0.5, 0.6) is 0 Å². The molecule has 1 aliphatic carbocycles. The van der Waals surface area contributed by atoms with E-state index >= 15 is 0 Å². The molecule has 0 amide bonds. The summed E-state index contributed by atoms with van der Waals surface area (Å²) in [6.45, 7) is 3.52. The maximum absolute atomic E-state index is 4.09. The van der Waals surface area contributed by atoms with Crippen molar-refractivity contribution in [2.24, 2.45) is 5.92 Å². The van der Waals surface area contributed by atoms with E-state index in [0.717, 1.165) is 5.92 Å². The van der Waals surface area contributed by atoms with E-state index in [0.29, 0.717) is 6.04 Å². The molecule has 0 radical (unpaired) electrons. The second-order valence-corrected chi connectivity index (χ2v) is 4.94. The molecule has 2 nitrogen and oxygen atoms in total. The molecular weight excluding hydrogens is 196 g/mol. The Morgan fingerprint density at radius 2 is 2.06 bits per heavy atom. The lowest BCUT2D eigenvalue weighted by molar-refractivity contribution is 0.159. The van der Waals surface area contributed by atoms with Gasteiger partial charge in [0.1, 0.15) is 0 Å². The topological polar surface area (TPSA) is 16.1 Å². The van der Waals surface area contributed by atoms with Crippen LogP contribution in [0.15, 0.2) is 24.5 Å². The van der Waals surface area contributed by atoms with Gasteiger partial charge in [-0.15, -0.1) is 0 Å². The van der Waals surface area contributed by atoms with E-state index in [-0.39, 0.29) is 0 Å². The van der Waals surface area contributed by atoms with Gasteiger partial charge in [-0.1, -0.05) is 13.3 Å². The SMILES string of the molecule is CC[C@H](c1ccncc1)N(C)CC1CCC1. The summed E-state index contributed by atoms with van der Waals surface area (Å²) >= 11 is 0. The van der Waals surface area contributed by atoms with Crippen LogP contribution >= 0.6 is 0 Å². The molecule has 2 heteroatoms. The third-order valence-corrected chi connectivity index (χ3v) is 3.78. The Kier molecular flexibility index (Phi) is 3.94. The van der Waals surface area contributed by atoms with Crippen LogP contribution in [0, 0.1) is 5.92 Å². The van der Waals surface area contributed by atoms with Crippen molar-refractivity contribution in [1.82, 2.24) is 9.88 Å². The van der Waals surface area contributed by atoms with Gasteiger partial charge in [0.05, 0.1) is 0 Å². The van der Waals surface area contributed by atoms with Crippen LogP contribution in [0.4, 0.5) is 0 Å². The minimum absolute atomic E-state index is 0.559. The molecule has 1 fully saturated rings. The molecule has 1 heterocycles. The summed E-state index contributed by atoms with van der Waals surface area (Å²) in [5, 5.41) is 0. The summed E-state index contributed by atoms with van der Waals surface area (Å²) < 4.78 is 0. The Labute approximate surface area is 98.7 Å². The fourth-order valence-corrected chi connectivity index (χ4v) is 2.60. The van der Waals surface area contributed by atoms with E-state index in [1.165, 1.54) is 37.8 Å². The third kappa shape index (κ3) is 2.62. The number of pyridine rings is 1. The van der Waals surface area contributed by atoms with Crippen molar-refractivity contribution in [2.45, 2.75) is 38.6 Å². The summed E-state index contributed by atoms with van der Waals surface area (Å²) in [4.78, 5) is 6.60. The van der Waals surface area contributed by atoms with Gasteiger partial charge in [0, 0.05) is 25.0 Å². The highest BCUT2D eigenvalue weighted by molar-refractivity contribution is 5.14. The van der Waals surface area contributed by atoms with Gasteiger partial charge in [0.15, 0.2) is 0 Å². The highest BCUT2D eigenvalue weighted by atomic mass is 15.1. The van der Waals surface area contributed by atoms with Gasteiger partial charge in [-0.25, -0.2) is 0 Å². The molecule has 88 valence electrons. The van der Waals surface area contributed by atoms with Crippen molar-refractivity contribution in [2.75, 3.05) is 13.6 Å². The fraction of sp³-hybridized carbons (Fsp3) is 0.643. The number of nitrogens with zero attached hydrogens (tertiary/aromatic N) is 2. The molecular formula is C14H22N2. The predicted molar refractivity (Wildman–Crippen MR) is 67.2 cm³/mol. The van der Waals surface area contributed by atoms with E-state index in [1.54, 1.807) is 0 Å². The third-order valence-electron chi connectivity index (χ3n) is 3.78. The largest absolute Gasteiger partial charge is 0.299 e. The number of rotatable bonds is 5. The molecule has 0 bridgehead atoms. The molecule has 1 aromatic heterocycles. The zero-order valence-electron chi connectivity index (χ0n) is 10.4. The molecule has 1 aliphatic rings. The maximum atomic E-state index is 4.09. The van der Waals surface area contributed by atoms with E-state index in [2.05, 4.69) is 36.0 Å². The zero-order chi connectivity index (χ0) is 11.4. The molecule has 2 rings (SSSR count). The summed E-state index contributed by atoms with van der Waals surface area (Å²) in [7, 11) is 2.26. The van der Waals surface area contributed by atoms with E-state index < -0.39 is 0 Å². The fourth-order valence-electron chi connectivity index (χ4n) is 2.60. The van der Waals surface area contributed by atoms with Crippen molar-refractivity contribution < 1.29 is 0 Å². The first-order valence-electron chi connectivity index (χ1n) is 6.41. The Morgan fingerprint density at radius 3 is 2.56 bits per heavy atom. The predicted octanol–water partition coefficient (Wildman–Crippen LogP) is 3.26. The monoisotopic (exact) mass is 218 g/mol. The number of aromatic nitrogens is 1. The van der Waals surface area contributed by atoms with Gasteiger partial charge < -0.3 is 0 Å². The summed E-state index contributed by atoms with van der Waals surface area (Å²) in [6.07, 6.45) is 9.26. The smallest absolute Gasteiger partial charge is 0.0343 e. The minimum Gasteiger partial charge on any atom is -0.299 e. The van der Waals surface area contributed by atoms with Crippen LogP contribution < -0.4 is 0 Å². The second-order valence-electron chi connectivity index (χ2n) is 4.94. The van der Waals surface area contributed by atoms with Crippen LogP contribution in [-0.4, -0.2) is 23.5 Å². The van der Waals surface area contributed by atoms with Gasteiger partial charge >= 0.3 is 0 Å². The Hall–Kier alpha value is -0.890. The number of hydrogen-bond donors (Lipinski definition) is 0. The molecule has 1 saturated carbocycles. The summed E-state index contributed by atoms with van der Waals surface area (Å²) in [5.41, 5.74) is 1.40. The van der Waals surface area contributed by atoms with Crippen molar-refractivity contribution in [3.63, 3.8) is 0 Å². The van der Waals surface area contributed by atoms with Crippen LogP contribution in [0.1, 0.15) is 44.2 Å². The van der Waals surface area contributed by atoms with Crippen molar-refractivity contribution in [1.29, 1.82) is 0 Å². The molecule has 1 aromatic rings. The summed E-state index contributed by atoms with van der Waals surface area (Å²) in [6, 6.07) is 4.85. The molecule has 0 spiro atoms. The first-order chi connectivity index (χ1) is 7.81. The molecule has 0 aromatic carbocycles. The minimum atomic E-state index is 0.559. The van der Waals surface area contributed by atoms with Crippen molar-refractivity contribution >= 4 is 0 Å². The maximum Gasteiger partial charge on any atom is 0.0343 e. The van der Waals surface area contributed by atoms with Crippen LogP contribution in [0.25, 0.3) is 0 Å². The van der Waals surface area contributed by atoms with Crippen molar-refractivity contribution in [3.8, 4) is 0 Å². The lowest BCUT2D eigenvalue weighted by Gasteiger charge is -2.34. The van der Waals surface area contributed by atoms with Crippen LogP contribution in [0.3, 0.4) is 0 Å². The Bertz CT molecular complexity index is 306. The lowest BCUT2D eigenvalue weighted by atomic mass is 9.84.